The van der Waals surface area contributed by atoms with Crippen molar-refractivity contribution in [1.82, 2.24) is 10.2 Å². The SMILES string of the molecule is O=C(CSc1nnc(Nc2ccc(SC(F)F)cc2)s1)Nc1ccccc1Cl. The average molecular weight is 459 g/mol. The number of amides is 1. The lowest BCUT2D eigenvalue weighted by molar-refractivity contribution is -0.113. The van der Waals surface area contributed by atoms with Gasteiger partial charge >= 0.3 is 0 Å². The van der Waals surface area contributed by atoms with Crippen molar-refractivity contribution < 1.29 is 13.6 Å². The summed E-state index contributed by atoms with van der Waals surface area (Å²) >= 11 is 9.05. The van der Waals surface area contributed by atoms with E-state index in [-0.39, 0.29) is 11.7 Å². The van der Waals surface area contributed by atoms with Crippen molar-refractivity contribution >= 4 is 68.9 Å². The minimum Gasteiger partial charge on any atom is -0.330 e. The van der Waals surface area contributed by atoms with E-state index in [1.807, 2.05) is 0 Å². The Labute approximate surface area is 177 Å². The molecule has 0 aliphatic heterocycles. The Bertz CT molecular complexity index is 940. The summed E-state index contributed by atoms with van der Waals surface area (Å²) in [5.41, 5.74) is 1.27. The first-order valence-electron chi connectivity index (χ1n) is 7.82. The van der Waals surface area contributed by atoms with Crippen molar-refractivity contribution in [3.8, 4) is 0 Å². The van der Waals surface area contributed by atoms with E-state index in [9.17, 15) is 13.6 Å². The minimum atomic E-state index is -2.45. The first-order chi connectivity index (χ1) is 13.5. The number of alkyl halides is 2. The molecule has 0 spiro atoms. The third kappa shape index (κ3) is 6.33. The van der Waals surface area contributed by atoms with Gasteiger partial charge in [-0.25, -0.2) is 0 Å². The van der Waals surface area contributed by atoms with Crippen LogP contribution in [0.3, 0.4) is 0 Å². The quantitative estimate of drug-likeness (QED) is 0.405. The van der Waals surface area contributed by atoms with Gasteiger partial charge in [0, 0.05) is 10.6 Å². The van der Waals surface area contributed by atoms with Crippen LogP contribution in [0.15, 0.2) is 57.8 Å². The summed E-state index contributed by atoms with van der Waals surface area (Å²) in [6, 6.07) is 13.6. The highest BCUT2D eigenvalue weighted by atomic mass is 35.5. The van der Waals surface area contributed by atoms with E-state index in [1.165, 1.54) is 23.1 Å². The second-order valence-electron chi connectivity index (χ2n) is 5.22. The zero-order valence-electron chi connectivity index (χ0n) is 14.1. The van der Waals surface area contributed by atoms with Crippen LogP contribution in [-0.2, 0) is 4.79 Å². The van der Waals surface area contributed by atoms with Crippen molar-refractivity contribution in [2.24, 2.45) is 0 Å². The molecule has 3 aromatic rings. The Hall–Kier alpha value is -1.88. The highest BCUT2D eigenvalue weighted by Crippen LogP contribution is 2.30. The maximum atomic E-state index is 12.3. The second kappa shape index (κ2) is 10.1. The van der Waals surface area contributed by atoms with Gasteiger partial charge in [0.05, 0.1) is 16.5 Å². The van der Waals surface area contributed by atoms with Crippen LogP contribution in [0.2, 0.25) is 5.02 Å². The van der Waals surface area contributed by atoms with Crippen LogP contribution in [0.5, 0.6) is 0 Å². The van der Waals surface area contributed by atoms with Gasteiger partial charge in [-0.15, -0.1) is 10.2 Å². The molecule has 0 radical (unpaired) electrons. The molecule has 0 saturated carbocycles. The lowest BCUT2D eigenvalue weighted by Crippen LogP contribution is -2.14. The van der Waals surface area contributed by atoms with Gasteiger partial charge in [0.25, 0.3) is 5.76 Å². The maximum Gasteiger partial charge on any atom is 0.288 e. The van der Waals surface area contributed by atoms with Gasteiger partial charge in [-0.1, -0.05) is 58.6 Å². The number of nitrogens with one attached hydrogen (secondary N) is 2. The third-order valence-corrected chi connectivity index (χ3v) is 6.24. The van der Waals surface area contributed by atoms with E-state index >= 15 is 0 Å². The Kier molecular flexibility index (Phi) is 7.49. The van der Waals surface area contributed by atoms with Gasteiger partial charge < -0.3 is 10.6 Å². The molecule has 1 aromatic heterocycles. The number of nitrogens with zero attached hydrogens (tertiary/aromatic N) is 2. The van der Waals surface area contributed by atoms with Crippen LogP contribution in [-0.4, -0.2) is 27.6 Å². The van der Waals surface area contributed by atoms with Crippen LogP contribution in [0, 0.1) is 0 Å². The number of rotatable bonds is 8. The molecular formula is C17H13ClF2N4OS3. The lowest BCUT2D eigenvalue weighted by atomic mass is 10.3. The molecule has 11 heteroatoms. The van der Waals surface area contributed by atoms with E-state index in [0.29, 0.717) is 42.5 Å². The zero-order chi connectivity index (χ0) is 19.9. The van der Waals surface area contributed by atoms with E-state index < -0.39 is 5.76 Å². The third-order valence-electron chi connectivity index (χ3n) is 3.21. The fourth-order valence-corrected chi connectivity index (χ4v) is 4.29. The molecular weight excluding hydrogens is 446 g/mol. The van der Waals surface area contributed by atoms with E-state index in [2.05, 4.69) is 20.8 Å². The summed E-state index contributed by atoms with van der Waals surface area (Å²) in [4.78, 5) is 12.5. The number of aromatic nitrogens is 2. The van der Waals surface area contributed by atoms with Crippen LogP contribution in [0.4, 0.5) is 25.3 Å². The average Bonchev–Trinajstić information content (AvgIpc) is 3.11. The smallest absolute Gasteiger partial charge is 0.288 e. The number of carbonyl (C=O) groups is 1. The summed E-state index contributed by atoms with van der Waals surface area (Å²) < 4.78 is 25.3. The van der Waals surface area contributed by atoms with Gasteiger partial charge in [0.2, 0.25) is 11.0 Å². The van der Waals surface area contributed by atoms with E-state index in [1.54, 1.807) is 48.5 Å². The standard InChI is InChI=1S/C17H13ClF2N4OS3/c18-12-3-1-2-4-13(12)22-14(25)9-26-17-24-23-16(28-17)21-10-5-7-11(8-6-10)27-15(19)20/h1-8,15H,9H2,(H,21,23)(H,22,25). The largest absolute Gasteiger partial charge is 0.330 e. The van der Waals surface area contributed by atoms with Crippen molar-refractivity contribution in [3.05, 3.63) is 53.6 Å². The highest BCUT2D eigenvalue weighted by molar-refractivity contribution is 8.01. The number of halogens is 3. The van der Waals surface area contributed by atoms with Crippen molar-refractivity contribution in [2.45, 2.75) is 15.0 Å². The molecule has 2 N–H and O–H groups in total. The Morgan fingerprint density at radius 3 is 2.61 bits per heavy atom. The summed E-state index contributed by atoms with van der Waals surface area (Å²) in [6.45, 7) is 0. The number of hydrogen-bond acceptors (Lipinski definition) is 7. The summed E-state index contributed by atoms with van der Waals surface area (Å²) in [5, 5.41) is 14.9. The number of benzene rings is 2. The monoisotopic (exact) mass is 458 g/mol. The number of thioether (sulfide) groups is 2. The van der Waals surface area contributed by atoms with Gasteiger partial charge in [-0.2, -0.15) is 8.78 Å². The van der Waals surface area contributed by atoms with Gasteiger partial charge in [-0.3, -0.25) is 4.79 Å². The summed E-state index contributed by atoms with van der Waals surface area (Å²) in [5.74, 6) is -2.48. The van der Waals surface area contributed by atoms with Crippen LogP contribution in [0.1, 0.15) is 0 Å². The predicted molar refractivity (Wildman–Crippen MR) is 112 cm³/mol. The van der Waals surface area contributed by atoms with E-state index in [4.69, 9.17) is 11.6 Å². The normalized spacial score (nSPS) is 10.9. The maximum absolute atomic E-state index is 12.3. The molecule has 0 aliphatic carbocycles. The first-order valence-corrected chi connectivity index (χ1v) is 10.9. The highest BCUT2D eigenvalue weighted by Gasteiger charge is 2.10. The van der Waals surface area contributed by atoms with Crippen molar-refractivity contribution in [1.29, 1.82) is 0 Å². The number of carbonyl (C=O) groups excluding carboxylic acids is 1. The summed E-state index contributed by atoms with van der Waals surface area (Å²) in [7, 11) is 0. The molecule has 1 heterocycles. The molecule has 2 aromatic carbocycles. The molecule has 0 unspecified atom stereocenters. The molecule has 0 atom stereocenters. The molecule has 5 nitrogen and oxygen atoms in total. The molecule has 0 bridgehead atoms. The topological polar surface area (TPSA) is 66.9 Å². The lowest BCUT2D eigenvalue weighted by Gasteiger charge is -2.05. The number of anilines is 3. The Morgan fingerprint density at radius 1 is 1.14 bits per heavy atom. The van der Waals surface area contributed by atoms with Crippen LogP contribution < -0.4 is 10.6 Å². The zero-order valence-corrected chi connectivity index (χ0v) is 17.3. The minimum absolute atomic E-state index is 0.166. The van der Waals surface area contributed by atoms with Gasteiger partial charge in [0.15, 0.2) is 4.34 Å². The van der Waals surface area contributed by atoms with Crippen molar-refractivity contribution in [2.75, 3.05) is 16.4 Å². The van der Waals surface area contributed by atoms with Crippen LogP contribution in [0.25, 0.3) is 0 Å². The number of hydrogen-bond donors (Lipinski definition) is 2. The molecule has 3 rings (SSSR count). The van der Waals surface area contributed by atoms with Gasteiger partial charge in [-0.05, 0) is 36.4 Å². The molecule has 28 heavy (non-hydrogen) atoms. The first kappa shape index (κ1) is 20.8. The number of para-hydroxylation sites is 1. The van der Waals surface area contributed by atoms with E-state index in [0.717, 1.165) is 0 Å². The van der Waals surface area contributed by atoms with Crippen molar-refractivity contribution in [3.63, 3.8) is 0 Å². The Balaban J connectivity index is 1.50. The summed E-state index contributed by atoms with van der Waals surface area (Å²) in [6.07, 6.45) is 0. The molecule has 0 aliphatic rings. The molecule has 0 saturated heterocycles. The molecule has 1 amide bonds. The fourth-order valence-electron chi connectivity index (χ4n) is 2.04. The fraction of sp³-hybridized carbons (Fsp3) is 0.118. The Morgan fingerprint density at radius 2 is 1.89 bits per heavy atom. The van der Waals surface area contributed by atoms with Crippen LogP contribution >= 0.6 is 46.5 Å². The van der Waals surface area contributed by atoms with Gasteiger partial charge in [0.1, 0.15) is 0 Å². The molecule has 0 fully saturated rings. The second-order valence-corrected chi connectivity index (χ2v) is 8.89. The predicted octanol–water partition coefficient (Wildman–Crippen LogP) is 5.98. The molecule has 146 valence electrons.